The van der Waals surface area contributed by atoms with Gasteiger partial charge in [0.05, 0.1) is 11.9 Å². The molecule has 7 nitrogen and oxygen atoms in total. The van der Waals surface area contributed by atoms with Crippen molar-refractivity contribution in [1.82, 2.24) is 9.97 Å². The van der Waals surface area contributed by atoms with Gasteiger partial charge < -0.3 is 4.90 Å². The molecule has 31 heavy (non-hydrogen) atoms. The summed E-state index contributed by atoms with van der Waals surface area (Å²) in [6.07, 6.45) is 5.50. The molecule has 0 unspecified atom stereocenters. The van der Waals surface area contributed by atoms with Gasteiger partial charge in [0.2, 0.25) is 5.95 Å². The number of nitrogens with zero attached hydrogens (tertiary/aromatic N) is 4. The topological polar surface area (TPSA) is 97.2 Å². The fourth-order valence-electron chi connectivity index (χ4n) is 3.75. The third-order valence-electron chi connectivity index (χ3n) is 5.43. The third-order valence-corrected chi connectivity index (χ3v) is 5.43. The number of hydrazone groups is 1. The Kier molecular flexibility index (Phi) is 6.08. The van der Waals surface area contributed by atoms with Crippen molar-refractivity contribution in [2.75, 3.05) is 23.4 Å². The van der Waals surface area contributed by atoms with Crippen LogP contribution in [-0.2, 0) is 0 Å². The van der Waals surface area contributed by atoms with Gasteiger partial charge in [0.15, 0.2) is 0 Å². The number of hydrogen-bond acceptors (Lipinski definition) is 6. The van der Waals surface area contributed by atoms with Gasteiger partial charge in [0.1, 0.15) is 11.6 Å². The summed E-state index contributed by atoms with van der Waals surface area (Å²) < 4.78 is 0. The summed E-state index contributed by atoms with van der Waals surface area (Å²) in [5.74, 6) is 0.182. The number of hydrogen-bond donors (Lipinski definition) is 2. The van der Waals surface area contributed by atoms with Gasteiger partial charge in [0, 0.05) is 24.3 Å². The lowest BCUT2D eigenvalue weighted by atomic mass is 10.1. The first-order valence-corrected chi connectivity index (χ1v) is 10.4. The highest BCUT2D eigenvalue weighted by atomic mass is 16.1. The second kappa shape index (κ2) is 9.26. The van der Waals surface area contributed by atoms with E-state index < -0.39 is 5.56 Å². The lowest BCUT2D eigenvalue weighted by Crippen LogP contribution is -2.29. The Hall–Kier alpha value is -3.92. The molecule has 1 fully saturated rings. The van der Waals surface area contributed by atoms with Gasteiger partial charge in [-0.25, -0.2) is 10.4 Å². The molecule has 3 aromatic rings. The fourth-order valence-corrected chi connectivity index (χ4v) is 3.75. The van der Waals surface area contributed by atoms with E-state index in [1.807, 2.05) is 36.4 Å². The number of piperidine rings is 1. The Balaban J connectivity index is 1.53. The van der Waals surface area contributed by atoms with Crippen LogP contribution < -0.4 is 15.9 Å². The minimum atomic E-state index is -0.504. The van der Waals surface area contributed by atoms with E-state index in [0.717, 1.165) is 24.2 Å². The maximum Gasteiger partial charge on any atom is 0.270 e. The molecule has 1 aromatic heterocycles. The average Bonchev–Trinajstić information content (AvgIpc) is 2.81. The first-order chi connectivity index (χ1) is 15.2. The smallest absolute Gasteiger partial charge is 0.270 e. The first-order valence-electron chi connectivity index (χ1n) is 10.4. The number of nitrogens with one attached hydrogen (secondary N) is 2. The van der Waals surface area contributed by atoms with Crippen LogP contribution in [0, 0.1) is 18.3 Å². The van der Waals surface area contributed by atoms with Gasteiger partial charge in [-0.1, -0.05) is 36.4 Å². The van der Waals surface area contributed by atoms with Crippen LogP contribution in [-0.4, -0.2) is 29.3 Å². The molecule has 4 rings (SSSR count). The van der Waals surface area contributed by atoms with Crippen molar-refractivity contribution in [3.8, 4) is 17.3 Å². The van der Waals surface area contributed by atoms with Gasteiger partial charge in [-0.3, -0.25) is 9.78 Å². The van der Waals surface area contributed by atoms with Crippen LogP contribution in [0.4, 0.5) is 11.6 Å². The lowest BCUT2D eigenvalue weighted by molar-refractivity contribution is 0.578. The van der Waals surface area contributed by atoms with E-state index in [1.54, 1.807) is 6.21 Å². The zero-order valence-corrected chi connectivity index (χ0v) is 17.4. The minimum absolute atomic E-state index is 0.0233. The van der Waals surface area contributed by atoms with Gasteiger partial charge in [-0.15, -0.1) is 0 Å². The number of nitriles is 1. The zero-order valence-electron chi connectivity index (χ0n) is 17.4. The molecule has 2 aromatic carbocycles. The second-order valence-electron chi connectivity index (χ2n) is 7.57. The largest absolute Gasteiger partial charge is 0.372 e. The van der Waals surface area contributed by atoms with Crippen molar-refractivity contribution in [3.05, 3.63) is 75.6 Å². The molecule has 0 aliphatic carbocycles. The predicted molar refractivity (Wildman–Crippen MR) is 123 cm³/mol. The summed E-state index contributed by atoms with van der Waals surface area (Å²) in [7, 11) is 0. The highest BCUT2D eigenvalue weighted by molar-refractivity contribution is 5.83. The SMILES string of the molecule is Cc1cc(N2CCCCC2)ccc1C=NNc1nc(-c2ccccc2)c(C#N)c(=O)[nH]1. The fraction of sp³-hybridized carbons (Fsp3) is 0.250. The van der Waals surface area contributed by atoms with Crippen molar-refractivity contribution >= 4 is 17.9 Å². The summed E-state index contributed by atoms with van der Waals surface area (Å²) >= 11 is 0. The molecule has 1 aliphatic heterocycles. The second-order valence-corrected chi connectivity index (χ2v) is 7.57. The monoisotopic (exact) mass is 412 g/mol. The first kappa shape index (κ1) is 20.4. The van der Waals surface area contributed by atoms with E-state index in [9.17, 15) is 10.1 Å². The maximum absolute atomic E-state index is 12.3. The molecule has 7 heteroatoms. The zero-order chi connectivity index (χ0) is 21.6. The number of rotatable bonds is 5. The molecular formula is C24H24N6O. The van der Waals surface area contributed by atoms with Crippen LogP contribution in [0.2, 0.25) is 0 Å². The average molecular weight is 412 g/mol. The molecule has 1 aliphatic rings. The van der Waals surface area contributed by atoms with Crippen LogP contribution in [0.25, 0.3) is 11.3 Å². The number of anilines is 2. The predicted octanol–water partition coefficient (Wildman–Crippen LogP) is 4.05. The van der Waals surface area contributed by atoms with Crippen LogP contribution in [0.15, 0.2) is 58.4 Å². The van der Waals surface area contributed by atoms with Crippen molar-refractivity contribution in [3.63, 3.8) is 0 Å². The number of aromatic nitrogens is 2. The van der Waals surface area contributed by atoms with Crippen molar-refractivity contribution in [2.45, 2.75) is 26.2 Å². The number of aryl methyl sites for hydroxylation is 1. The van der Waals surface area contributed by atoms with Gasteiger partial charge in [-0.05, 0) is 49.4 Å². The van der Waals surface area contributed by atoms with Crippen LogP contribution >= 0.6 is 0 Å². The van der Waals surface area contributed by atoms with Crippen molar-refractivity contribution < 1.29 is 0 Å². The Labute approximate surface area is 181 Å². The molecule has 0 spiro atoms. The van der Waals surface area contributed by atoms with Crippen LogP contribution in [0.5, 0.6) is 0 Å². The number of aromatic amines is 1. The van der Waals surface area contributed by atoms with Gasteiger partial charge in [0.25, 0.3) is 5.56 Å². The Morgan fingerprint density at radius 1 is 1.16 bits per heavy atom. The Morgan fingerprint density at radius 3 is 2.65 bits per heavy atom. The quantitative estimate of drug-likeness (QED) is 0.487. The molecule has 1 saturated heterocycles. The van der Waals surface area contributed by atoms with Crippen molar-refractivity contribution in [1.29, 1.82) is 5.26 Å². The van der Waals surface area contributed by atoms with E-state index in [0.29, 0.717) is 11.3 Å². The van der Waals surface area contributed by atoms with Crippen LogP contribution in [0.1, 0.15) is 36.0 Å². The molecule has 0 atom stereocenters. The number of benzene rings is 2. The van der Waals surface area contributed by atoms with E-state index in [1.165, 1.54) is 24.9 Å². The van der Waals surface area contributed by atoms with E-state index >= 15 is 0 Å². The molecule has 0 radical (unpaired) electrons. The van der Waals surface area contributed by atoms with Crippen molar-refractivity contribution in [2.24, 2.45) is 5.10 Å². The molecular weight excluding hydrogens is 388 g/mol. The third kappa shape index (κ3) is 4.64. The molecule has 0 amide bonds. The number of H-pyrrole nitrogens is 1. The normalized spacial score (nSPS) is 13.9. The molecule has 0 bridgehead atoms. The lowest BCUT2D eigenvalue weighted by Gasteiger charge is -2.29. The van der Waals surface area contributed by atoms with Gasteiger partial charge >= 0.3 is 0 Å². The summed E-state index contributed by atoms with van der Waals surface area (Å²) in [6, 6.07) is 17.4. The van der Waals surface area contributed by atoms with E-state index in [2.05, 4.69) is 50.5 Å². The molecule has 156 valence electrons. The summed E-state index contributed by atoms with van der Waals surface area (Å²) in [5.41, 5.74) is 6.63. The highest BCUT2D eigenvalue weighted by Crippen LogP contribution is 2.22. The standard InChI is InChI=1S/C24H24N6O/c1-17-14-20(30-12-6-3-7-13-30)11-10-19(17)16-26-29-24-27-22(18-8-4-2-5-9-18)21(15-25)23(31)28-24/h2,4-5,8-11,14,16H,3,6-7,12-13H2,1H3,(H2,27,28,29,31). The molecule has 2 heterocycles. The summed E-state index contributed by atoms with van der Waals surface area (Å²) in [4.78, 5) is 21.7. The van der Waals surface area contributed by atoms with Crippen LogP contribution in [0.3, 0.4) is 0 Å². The maximum atomic E-state index is 12.3. The Morgan fingerprint density at radius 2 is 1.94 bits per heavy atom. The summed E-state index contributed by atoms with van der Waals surface area (Å²) in [6.45, 7) is 4.27. The van der Waals surface area contributed by atoms with E-state index in [-0.39, 0.29) is 11.5 Å². The summed E-state index contributed by atoms with van der Waals surface area (Å²) in [5, 5.41) is 13.6. The minimum Gasteiger partial charge on any atom is -0.372 e. The Bertz CT molecular complexity index is 1190. The molecule has 2 N–H and O–H groups in total. The van der Waals surface area contributed by atoms with Gasteiger partial charge in [-0.2, -0.15) is 10.4 Å². The molecule has 0 saturated carbocycles. The van der Waals surface area contributed by atoms with E-state index in [4.69, 9.17) is 0 Å². The highest BCUT2D eigenvalue weighted by Gasteiger charge is 2.13.